The van der Waals surface area contributed by atoms with Crippen molar-refractivity contribution < 1.29 is 4.79 Å². The Labute approximate surface area is 153 Å². The van der Waals surface area contributed by atoms with Crippen LogP contribution in [0.4, 0.5) is 0 Å². The first kappa shape index (κ1) is 17.9. The number of aromatic amines is 1. The predicted molar refractivity (Wildman–Crippen MR) is 98.6 cm³/mol. The summed E-state index contributed by atoms with van der Waals surface area (Å²) >= 11 is 0. The fourth-order valence-corrected chi connectivity index (χ4v) is 3.69. The van der Waals surface area contributed by atoms with Crippen molar-refractivity contribution in [2.75, 3.05) is 19.6 Å². The third kappa shape index (κ3) is 3.85. The molecule has 2 aromatic rings. The SMILES string of the molecule is Cl.O=C(C1CCCN1)N1CCCC(c2nc(-c3ccccc3)n[nH]2)C1. The largest absolute Gasteiger partial charge is 0.341 e. The Kier molecular flexibility index (Phi) is 5.71. The van der Waals surface area contributed by atoms with Crippen LogP contribution in [0.15, 0.2) is 30.3 Å². The van der Waals surface area contributed by atoms with Crippen LogP contribution in [-0.2, 0) is 4.79 Å². The van der Waals surface area contributed by atoms with Gasteiger partial charge in [-0.25, -0.2) is 4.98 Å². The quantitative estimate of drug-likeness (QED) is 0.880. The number of carbonyl (C=O) groups excluding carboxylic acids is 1. The van der Waals surface area contributed by atoms with E-state index in [-0.39, 0.29) is 30.3 Å². The fraction of sp³-hybridized carbons (Fsp3) is 0.500. The van der Waals surface area contributed by atoms with Crippen molar-refractivity contribution in [3.8, 4) is 11.4 Å². The molecule has 0 spiro atoms. The Hall–Kier alpha value is -1.92. The molecule has 2 aliphatic rings. The molecule has 134 valence electrons. The minimum Gasteiger partial charge on any atom is -0.341 e. The molecule has 0 aliphatic carbocycles. The molecule has 6 nitrogen and oxygen atoms in total. The fourth-order valence-electron chi connectivity index (χ4n) is 3.69. The van der Waals surface area contributed by atoms with Gasteiger partial charge in [-0.15, -0.1) is 12.4 Å². The highest BCUT2D eigenvalue weighted by atomic mass is 35.5. The van der Waals surface area contributed by atoms with Crippen LogP contribution >= 0.6 is 12.4 Å². The van der Waals surface area contributed by atoms with Crippen LogP contribution in [0.5, 0.6) is 0 Å². The molecule has 0 radical (unpaired) electrons. The van der Waals surface area contributed by atoms with Gasteiger partial charge in [-0.05, 0) is 32.2 Å². The summed E-state index contributed by atoms with van der Waals surface area (Å²) in [5, 5.41) is 10.8. The van der Waals surface area contributed by atoms with Gasteiger partial charge in [0.15, 0.2) is 5.82 Å². The normalized spacial score (nSPS) is 23.3. The van der Waals surface area contributed by atoms with Gasteiger partial charge in [0, 0.05) is 24.6 Å². The molecule has 7 heteroatoms. The van der Waals surface area contributed by atoms with E-state index in [1.807, 2.05) is 35.2 Å². The Morgan fingerprint density at radius 3 is 2.76 bits per heavy atom. The maximum atomic E-state index is 12.6. The van der Waals surface area contributed by atoms with Crippen molar-refractivity contribution in [1.82, 2.24) is 25.4 Å². The number of hydrogen-bond acceptors (Lipinski definition) is 4. The molecule has 2 atom stereocenters. The van der Waals surface area contributed by atoms with Crippen molar-refractivity contribution in [3.63, 3.8) is 0 Å². The highest BCUT2D eigenvalue weighted by Crippen LogP contribution is 2.27. The highest BCUT2D eigenvalue weighted by Gasteiger charge is 2.32. The average Bonchev–Trinajstić information content (AvgIpc) is 3.34. The smallest absolute Gasteiger partial charge is 0.239 e. The van der Waals surface area contributed by atoms with Crippen LogP contribution < -0.4 is 5.32 Å². The minimum absolute atomic E-state index is 0. The van der Waals surface area contributed by atoms with E-state index in [9.17, 15) is 4.79 Å². The Morgan fingerprint density at radius 1 is 1.16 bits per heavy atom. The lowest BCUT2D eigenvalue weighted by Crippen LogP contribution is -2.47. The Morgan fingerprint density at radius 2 is 2.00 bits per heavy atom. The molecular formula is C18H24ClN5O. The van der Waals surface area contributed by atoms with Gasteiger partial charge in [0.2, 0.25) is 5.91 Å². The second-order valence-electron chi connectivity index (χ2n) is 6.68. The first-order chi connectivity index (χ1) is 11.8. The van der Waals surface area contributed by atoms with Gasteiger partial charge in [-0.3, -0.25) is 9.89 Å². The van der Waals surface area contributed by atoms with Crippen LogP contribution in [-0.4, -0.2) is 51.7 Å². The number of piperidine rings is 1. The van der Waals surface area contributed by atoms with E-state index in [4.69, 9.17) is 0 Å². The molecule has 2 N–H and O–H groups in total. The van der Waals surface area contributed by atoms with Crippen molar-refractivity contribution in [2.45, 2.75) is 37.6 Å². The van der Waals surface area contributed by atoms with Gasteiger partial charge in [-0.1, -0.05) is 30.3 Å². The molecule has 0 bridgehead atoms. The number of carbonyl (C=O) groups is 1. The van der Waals surface area contributed by atoms with Gasteiger partial charge in [0.1, 0.15) is 5.82 Å². The molecule has 0 saturated carbocycles. The Bertz CT molecular complexity index is 699. The second-order valence-corrected chi connectivity index (χ2v) is 6.68. The first-order valence-electron chi connectivity index (χ1n) is 8.81. The van der Waals surface area contributed by atoms with Crippen LogP contribution in [0.2, 0.25) is 0 Å². The topological polar surface area (TPSA) is 73.9 Å². The van der Waals surface area contributed by atoms with E-state index in [2.05, 4.69) is 20.5 Å². The molecule has 2 aliphatic heterocycles. The van der Waals surface area contributed by atoms with Crippen molar-refractivity contribution in [3.05, 3.63) is 36.2 Å². The second kappa shape index (κ2) is 7.97. The van der Waals surface area contributed by atoms with E-state index in [1.54, 1.807) is 0 Å². The van der Waals surface area contributed by atoms with Crippen LogP contribution in [0.25, 0.3) is 11.4 Å². The summed E-state index contributed by atoms with van der Waals surface area (Å²) < 4.78 is 0. The van der Waals surface area contributed by atoms with E-state index in [0.717, 1.165) is 62.5 Å². The highest BCUT2D eigenvalue weighted by molar-refractivity contribution is 5.85. The van der Waals surface area contributed by atoms with E-state index in [0.29, 0.717) is 0 Å². The number of nitrogens with one attached hydrogen (secondary N) is 2. The third-order valence-electron chi connectivity index (χ3n) is 5.01. The standard InChI is InChI=1S/C18H23N5O.ClH/c24-18(15-9-4-10-19-15)23-11-5-8-14(12-23)17-20-16(21-22-17)13-6-2-1-3-7-13;/h1-3,6-7,14-15,19H,4-5,8-12H2,(H,20,21,22);1H. The number of aromatic nitrogens is 3. The molecule has 2 unspecified atom stereocenters. The van der Waals surface area contributed by atoms with Crippen molar-refractivity contribution >= 4 is 18.3 Å². The lowest BCUT2D eigenvalue weighted by atomic mass is 9.96. The number of halogens is 1. The number of rotatable bonds is 3. The lowest BCUT2D eigenvalue weighted by molar-refractivity contribution is -0.134. The number of likely N-dealkylation sites (tertiary alicyclic amines) is 1. The molecule has 2 fully saturated rings. The first-order valence-corrected chi connectivity index (χ1v) is 8.81. The van der Waals surface area contributed by atoms with Gasteiger partial charge in [0.25, 0.3) is 0 Å². The number of nitrogens with zero attached hydrogens (tertiary/aromatic N) is 3. The number of H-pyrrole nitrogens is 1. The van der Waals surface area contributed by atoms with Gasteiger partial charge < -0.3 is 10.2 Å². The summed E-state index contributed by atoms with van der Waals surface area (Å²) in [6.45, 7) is 2.55. The molecule has 3 heterocycles. The lowest BCUT2D eigenvalue weighted by Gasteiger charge is -2.33. The Balaban J connectivity index is 0.00000182. The summed E-state index contributed by atoms with van der Waals surface area (Å²) in [6.07, 6.45) is 4.12. The summed E-state index contributed by atoms with van der Waals surface area (Å²) in [5.74, 6) is 2.12. The van der Waals surface area contributed by atoms with Crippen LogP contribution in [0, 0.1) is 0 Å². The predicted octanol–water partition coefficient (Wildman–Crippen LogP) is 2.35. The zero-order valence-corrected chi connectivity index (χ0v) is 15.0. The minimum atomic E-state index is 0. The summed E-state index contributed by atoms with van der Waals surface area (Å²) in [4.78, 5) is 19.3. The molecule has 1 aromatic carbocycles. The van der Waals surface area contributed by atoms with E-state index >= 15 is 0 Å². The third-order valence-corrected chi connectivity index (χ3v) is 5.01. The zero-order valence-electron chi connectivity index (χ0n) is 14.1. The summed E-state index contributed by atoms with van der Waals surface area (Å²) in [7, 11) is 0. The average molecular weight is 362 g/mol. The summed E-state index contributed by atoms with van der Waals surface area (Å²) in [6, 6.07) is 9.99. The maximum absolute atomic E-state index is 12.6. The monoisotopic (exact) mass is 361 g/mol. The molecular weight excluding hydrogens is 338 g/mol. The molecule has 25 heavy (non-hydrogen) atoms. The number of amides is 1. The zero-order chi connectivity index (χ0) is 16.4. The van der Waals surface area contributed by atoms with E-state index < -0.39 is 0 Å². The summed E-state index contributed by atoms with van der Waals surface area (Å²) in [5.41, 5.74) is 1.01. The molecule has 2 saturated heterocycles. The maximum Gasteiger partial charge on any atom is 0.239 e. The van der Waals surface area contributed by atoms with Crippen LogP contribution in [0.1, 0.15) is 37.4 Å². The van der Waals surface area contributed by atoms with Gasteiger partial charge in [0.05, 0.1) is 6.04 Å². The molecule has 1 amide bonds. The molecule has 1 aromatic heterocycles. The van der Waals surface area contributed by atoms with Crippen molar-refractivity contribution in [2.24, 2.45) is 0 Å². The van der Waals surface area contributed by atoms with Crippen LogP contribution in [0.3, 0.4) is 0 Å². The van der Waals surface area contributed by atoms with Gasteiger partial charge in [-0.2, -0.15) is 5.10 Å². The van der Waals surface area contributed by atoms with E-state index in [1.165, 1.54) is 0 Å². The molecule has 4 rings (SSSR count). The van der Waals surface area contributed by atoms with Crippen molar-refractivity contribution in [1.29, 1.82) is 0 Å². The number of benzene rings is 1. The number of hydrogen-bond donors (Lipinski definition) is 2. The van der Waals surface area contributed by atoms with Gasteiger partial charge >= 0.3 is 0 Å².